The number of allylic oxidation sites excluding steroid dienone is 2. The Hall–Kier alpha value is -5.08. The van der Waals surface area contributed by atoms with Crippen LogP contribution >= 0.6 is 0 Å². The minimum atomic E-state index is 0.872. The molecule has 0 heterocycles. The number of para-hydroxylation sites is 2. The maximum atomic E-state index is 2.51. The van der Waals surface area contributed by atoms with E-state index in [-0.39, 0.29) is 0 Å². The zero-order chi connectivity index (χ0) is 28.2. The SMILES string of the molecule is CCN(C1=C2C(=C(N(CC)c3ccccc3)c3cc4ccccc4cc32)c2cc3ccccc3cc21)c1ccccc1. The van der Waals surface area contributed by atoms with E-state index in [4.69, 9.17) is 0 Å². The summed E-state index contributed by atoms with van der Waals surface area (Å²) in [5.74, 6) is 0. The maximum absolute atomic E-state index is 2.51. The van der Waals surface area contributed by atoms with Gasteiger partial charge in [-0.3, -0.25) is 0 Å². The third-order valence-electron chi connectivity index (χ3n) is 8.85. The van der Waals surface area contributed by atoms with Crippen LogP contribution in [0.25, 0.3) is 44.1 Å². The monoisotopic (exact) mass is 540 g/mol. The van der Waals surface area contributed by atoms with Crippen LogP contribution in [0.4, 0.5) is 11.4 Å². The average Bonchev–Trinajstić information content (AvgIpc) is 3.53. The molecule has 0 fully saturated rings. The number of hydrogen-bond acceptors (Lipinski definition) is 2. The minimum absolute atomic E-state index is 0.872. The van der Waals surface area contributed by atoms with Crippen LogP contribution in [0, 0.1) is 0 Å². The Morgan fingerprint density at radius 3 is 1.02 bits per heavy atom. The second kappa shape index (κ2) is 9.78. The molecule has 6 aromatic rings. The fourth-order valence-electron chi connectivity index (χ4n) is 7.03. The van der Waals surface area contributed by atoms with Crippen LogP contribution in [0.15, 0.2) is 133 Å². The van der Waals surface area contributed by atoms with Crippen LogP contribution in [0.5, 0.6) is 0 Å². The van der Waals surface area contributed by atoms with Crippen molar-refractivity contribution in [3.63, 3.8) is 0 Å². The highest BCUT2D eigenvalue weighted by atomic mass is 15.2. The van der Waals surface area contributed by atoms with Crippen LogP contribution < -0.4 is 9.80 Å². The van der Waals surface area contributed by atoms with E-state index in [9.17, 15) is 0 Å². The summed E-state index contributed by atoms with van der Waals surface area (Å²) in [5.41, 5.74) is 13.0. The first-order valence-corrected chi connectivity index (χ1v) is 15.0. The summed E-state index contributed by atoms with van der Waals surface area (Å²) in [5, 5.41) is 5.09. The summed E-state index contributed by atoms with van der Waals surface area (Å²) in [6.07, 6.45) is 0. The molecule has 0 unspecified atom stereocenters. The highest BCUT2D eigenvalue weighted by Gasteiger charge is 2.41. The molecule has 0 spiro atoms. The summed E-state index contributed by atoms with van der Waals surface area (Å²) in [4.78, 5) is 5.02. The molecule has 0 N–H and O–H groups in total. The van der Waals surface area contributed by atoms with Gasteiger partial charge in [-0.05, 0) is 95.1 Å². The van der Waals surface area contributed by atoms with E-state index in [1.54, 1.807) is 0 Å². The fraction of sp³-hybridized carbons (Fsp3) is 0.100. The van der Waals surface area contributed by atoms with E-state index in [2.05, 4.69) is 157 Å². The van der Waals surface area contributed by atoms with Crippen LogP contribution in [0.2, 0.25) is 0 Å². The molecular formula is C40H32N2. The summed E-state index contributed by atoms with van der Waals surface area (Å²) in [6.45, 7) is 6.28. The first-order chi connectivity index (χ1) is 20.8. The van der Waals surface area contributed by atoms with Gasteiger partial charge in [-0.25, -0.2) is 0 Å². The molecule has 2 heteroatoms. The Labute approximate surface area is 247 Å². The zero-order valence-corrected chi connectivity index (χ0v) is 24.0. The van der Waals surface area contributed by atoms with Gasteiger partial charge >= 0.3 is 0 Å². The quantitative estimate of drug-likeness (QED) is 0.207. The number of anilines is 2. The average molecular weight is 541 g/mol. The van der Waals surface area contributed by atoms with Crippen molar-refractivity contribution in [1.29, 1.82) is 0 Å². The summed E-state index contributed by atoms with van der Waals surface area (Å²) in [6, 6.07) is 49.0. The van der Waals surface area contributed by atoms with Gasteiger partial charge in [0.25, 0.3) is 0 Å². The van der Waals surface area contributed by atoms with Gasteiger partial charge in [0.15, 0.2) is 0 Å². The van der Waals surface area contributed by atoms with Crippen molar-refractivity contribution in [3.8, 4) is 0 Å². The first kappa shape index (κ1) is 24.7. The molecule has 0 atom stereocenters. The summed E-state index contributed by atoms with van der Waals surface area (Å²) >= 11 is 0. The third kappa shape index (κ3) is 3.65. The summed E-state index contributed by atoms with van der Waals surface area (Å²) < 4.78 is 0. The van der Waals surface area contributed by atoms with E-state index in [1.807, 2.05) is 0 Å². The molecule has 0 radical (unpaired) electrons. The normalized spacial score (nSPS) is 13.5. The number of nitrogens with zero attached hydrogens (tertiary/aromatic N) is 2. The van der Waals surface area contributed by atoms with E-state index in [1.165, 1.54) is 77.7 Å². The van der Waals surface area contributed by atoms with Gasteiger partial charge in [-0.1, -0.05) is 84.9 Å². The Balaban J connectivity index is 1.53. The Morgan fingerprint density at radius 1 is 0.381 bits per heavy atom. The molecule has 0 aromatic heterocycles. The Morgan fingerprint density at radius 2 is 0.690 bits per heavy atom. The molecule has 0 amide bonds. The lowest BCUT2D eigenvalue weighted by Crippen LogP contribution is -2.21. The largest absolute Gasteiger partial charge is 0.341 e. The van der Waals surface area contributed by atoms with Crippen LogP contribution in [-0.2, 0) is 0 Å². The van der Waals surface area contributed by atoms with Gasteiger partial charge in [0.05, 0.1) is 11.4 Å². The summed E-state index contributed by atoms with van der Waals surface area (Å²) in [7, 11) is 0. The van der Waals surface area contributed by atoms with Gasteiger partial charge < -0.3 is 9.80 Å². The molecule has 0 saturated heterocycles. The number of rotatable bonds is 6. The third-order valence-corrected chi connectivity index (χ3v) is 8.85. The lowest BCUT2D eigenvalue weighted by Gasteiger charge is -2.28. The van der Waals surface area contributed by atoms with E-state index >= 15 is 0 Å². The van der Waals surface area contributed by atoms with Gasteiger partial charge in [0.1, 0.15) is 0 Å². The van der Waals surface area contributed by atoms with Crippen molar-refractivity contribution < 1.29 is 0 Å². The van der Waals surface area contributed by atoms with Crippen molar-refractivity contribution >= 4 is 55.5 Å². The van der Waals surface area contributed by atoms with Crippen LogP contribution in [0.3, 0.4) is 0 Å². The fourth-order valence-corrected chi connectivity index (χ4v) is 7.03. The molecule has 6 aromatic carbocycles. The number of hydrogen-bond donors (Lipinski definition) is 0. The van der Waals surface area contributed by atoms with Gasteiger partial charge in [-0.15, -0.1) is 0 Å². The van der Waals surface area contributed by atoms with Crippen molar-refractivity contribution in [2.45, 2.75) is 13.8 Å². The molecule has 0 saturated carbocycles. The van der Waals surface area contributed by atoms with Gasteiger partial charge in [-0.2, -0.15) is 0 Å². The van der Waals surface area contributed by atoms with Gasteiger partial charge in [0, 0.05) is 46.7 Å². The van der Waals surface area contributed by atoms with Crippen LogP contribution in [0.1, 0.15) is 36.1 Å². The lowest BCUT2D eigenvalue weighted by atomic mass is 9.96. The van der Waals surface area contributed by atoms with Crippen LogP contribution in [-0.4, -0.2) is 13.1 Å². The first-order valence-electron chi connectivity index (χ1n) is 15.0. The standard InChI is InChI=1S/C40H32N2/c1-3-41(31-19-7-5-8-20-31)39-35-25-29-17-13-11-15-27(29)23-33(35)38-37(39)34-24-28-16-12-14-18-30(28)26-36(34)40(38)42(4-2)32-21-9-6-10-22-32/h5-26H,3-4H2,1-2H3. The number of fused-ring (bicyclic) bond motifs is 7. The molecule has 2 aliphatic rings. The molecule has 2 aliphatic carbocycles. The van der Waals surface area contributed by atoms with Gasteiger partial charge in [0.2, 0.25) is 0 Å². The maximum Gasteiger partial charge on any atom is 0.0577 e. The topological polar surface area (TPSA) is 6.48 Å². The second-order valence-electron chi connectivity index (χ2n) is 11.1. The predicted molar refractivity (Wildman–Crippen MR) is 180 cm³/mol. The molecule has 42 heavy (non-hydrogen) atoms. The van der Waals surface area contributed by atoms with Crippen molar-refractivity contribution in [3.05, 3.63) is 156 Å². The lowest BCUT2D eigenvalue weighted by molar-refractivity contribution is 1.03. The second-order valence-corrected chi connectivity index (χ2v) is 11.1. The molecule has 0 bridgehead atoms. The highest BCUT2D eigenvalue weighted by Crippen LogP contribution is 2.58. The predicted octanol–water partition coefficient (Wildman–Crippen LogP) is 10.1. The molecule has 8 rings (SSSR count). The van der Waals surface area contributed by atoms with E-state index < -0.39 is 0 Å². The molecular weight excluding hydrogens is 508 g/mol. The zero-order valence-electron chi connectivity index (χ0n) is 24.0. The molecule has 0 aliphatic heterocycles. The van der Waals surface area contributed by atoms with Crippen molar-refractivity contribution in [2.75, 3.05) is 22.9 Å². The van der Waals surface area contributed by atoms with E-state index in [0.717, 1.165) is 13.1 Å². The highest BCUT2D eigenvalue weighted by molar-refractivity contribution is 6.35. The Bertz CT molecular complexity index is 1900. The number of benzene rings is 6. The molecule has 202 valence electrons. The van der Waals surface area contributed by atoms with E-state index in [0.29, 0.717) is 0 Å². The molecule has 2 nitrogen and oxygen atoms in total. The Kier molecular flexibility index (Phi) is 5.75. The minimum Gasteiger partial charge on any atom is -0.341 e. The van der Waals surface area contributed by atoms with Crippen molar-refractivity contribution in [2.24, 2.45) is 0 Å². The smallest absolute Gasteiger partial charge is 0.0577 e. The van der Waals surface area contributed by atoms with Crippen molar-refractivity contribution in [1.82, 2.24) is 0 Å².